The number of rotatable bonds is 4. The molecule has 1 aromatic carbocycles. The molecule has 0 bridgehead atoms. The Hall–Kier alpha value is -1.32. The number of methoxy groups -OCH3 is 1. The van der Waals surface area contributed by atoms with Crippen molar-refractivity contribution in [1.29, 1.82) is 5.41 Å². The van der Waals surface area contributed by atoms with Gasteiger partial charge in [-0.15, -0.1) is 0 Å². The first-order chi connectivity index (χ1) is 6.63. The number of ether oxygens (including phenoxy) is 1. The molecule has 0 saturated heterocycles. The minimum atomic E-state index is -0.589. The molecular weight excluding hydrogens is 247 g/mol. The SMILES string of the molecule is COc1ccc(C(=O)[Se]C(=N)N)cc1. The summed E-state index contributed by atoms with van der Waals surface area (Å²) in [7, 11) is 1.57. The van der Waals surface area contributed by atoms with E-state index in [1.807, 2.05) is 0 Å². The van der Waals surface area contributed by atoms with Crippen LogP contribution in [0.4, 0.5) is 0 Å². The molecule has 0 saturated carbocycles. The van der Waals surface area contributed by atoms with E-state index >= 15 is 0 Å². The first-order valence-corrected chi connectivity index (χ1v) is 5.55. The predicted molar refractivity (Wildman–Crippen MR) is 55.0 cm³/mol. The van der Waals surface area contributed by atoms with Gasteiger partial charge in [0.1, 0.15) is 0 Å². The minimum absolute atomic E-state index is 0.0571. The van der Waals surface area contributed by atoms with Crippen molar-refractivity contribution in [1.82, 2.24) is 0 Å². The van der Waals surface area contributed by atoms with Crippen molar-refractivity contribution >= 4 is 24.4 Å². The molecular formula is C9H10N2O2Se. The van der Waals surface area contributed by atoms with Gasteiger partial charge in [0, 0.05) is 0 Å². The number of benzene rings is 1. The summed E-state index contributed by atoms with van der Waals surface area (Å²) in [6, 6.07) is 6.77. The quantitative estimate of drug-likeness (QED) is 0.466. The molecule has 0 radical (unpaired) electrons. The molecule has 74 valence electrons. The van der Waals surface area contributed by atoms with Crippen molar-refractivity contribution in [2.45, 2.75) is 0 Å². The number of hydrogen-bond acceptors (Lipinski definition) is 3. The third-order valence-corrected chi connectivity index (χ3v) is 2.87. The maximum atomic E-state index is 11.4. The Labute approximate surface area is 88.1 Å². The van der Waals surface area contributed by atoms with E-state index in [-0.39, 0.29) is 9.42 Å². The van der Waals surface area contributed by atoms with Gasteiger partial charge in [0.25, 0.3) is 0 Å². The van der Waals surface area contributed by atoms with Crippen molar-refractivity contribution in [2.24, 2.45) is 5.73 Å². The summed E-state index contributed by atoms with van der Waals surface area (Å²) in [6.45, 7) is 0. The van der Waals surface area contributed by atoms with E-state index in [2.05, 4.69) is 0 Å². The summed E-state index contributed by atoms with van der Waals surface area (Å²) in [5.74, 6) is 0.705. The summed E-state index contributed by atoms with van der Waals surface area (Å²) >= 11 is -0.589. The van der Waals surface area contributed by atoms with Crippen LogP contribution in [0.5, 0.6) is 5.75 Å². The average Bonchev–Trinajstić information content (AvgIpc) is 2.17. The van der Waals surface area contributed by atoms with Gasteiger partial charge in [-0.25, -0.2) is 0 Å². The fraction of sp³-hybridized carbons (Fsp3) is 0.111. The second-order valence-electron chi connectivity index (χ2n) is 2.48. The second kappa shape index (κ2) is 4.79. The fourth-order valence-corrected chi connectivity index (χ4v) is 1.84. The summed E-state index contributed by atoms with van der Waals surface area (Å²) in [6.07, 6.45) is 0. The molecule has 0 aliphatic rings. The molecule has 0 aliphatic heterocycles. The number of amidine groups is 1. The molecule has 5 heteroatoms. The fourth-order valence-electron chi connectivity index (χ4n) is 0.886. The first kappa shape index (κ1) is 10.8. The Bertz CT molecular complexity index is 348. The molecule has 4 nitrogen and oxygen atoms in total. The monoisotopic (exact) mass is 258 g/mol. The van der Waals surface area contributed by atoms with E-state index in [9.17, 15) is 4.79 Å². The van der Waals surface area contributed by atoms with Crippen molar-refractivity contribution in [3.05, 3.63) is 29.8 Å². The molecule has 0 amide bonds. The van der Waals surface area contributed by atoms with Crippen molar-refractivity contribution < 1.29 is 9.53 Å². The van der Waals surface area contributed by atoms with Gasteiger partial charge in [-0.3, -0.25) is 0 Å². The van der Waals surface area contributed by atoms with Crippen LogP contribution in [0.2, 0.25) is 0 Å². The Morgan fingerprint density at radius 3 is 2.43 bits per heavy atom. The molecule has 14 heavy (non-hydrogen) atoms. The standard InChI is InChI=1S/C9H10N2O2Se/c1-13-7-4-2-6(3-5-7)8(12)14-9(10)11/h2-5H,1H3,(H3,10,11). The van der Waals surface area contributed by atoms with Crippen molar-refractivity contribution in [3.8, 4) is 5.75 Å². The number of carbonyl (C=O) groups excluding carboxylic acids is 1. The Morgan fingerprint density at radius 1 is 1.43 bits per heavy atom. The van der Waals surface area contributed by atoms with Crippen LogP contribution in [0.1, 0.15) is 10.4 Å². The van der Waals surface area contributed by atoms with Gasteiger partial charge in [-0.2, -0.15) is 0 Å². The van der Waals surface area contributed by atoms with Gasteiger partial charge in [0.05, 0.1) is 0 Å². The molecule has 0 aromatic heterocycles. The summed E-state index contributed by atoms with van der Waals surface area (Å²) < 4.78 is 4.81. The Kier molecular flexibility index (Phi) is 3.68. The topological polar surface area (TPSA) is 76.2 Å². The van der Waals surface area contributed by atoms with Crippen LogP contribution in [0.3, 0.4) is 0 Å². The molecule has 1 rings (SSSR count). The number of nitrogens with one attached hydrogen (secondary N) is 1. The van der Waals surface area contributed by atoms with Gasteiger partial charge in [0.2, 0.25) is 0 Å². The zero-order valence-electron chi connectivity index (χ0n) is 7.61. The molecule has 0 spiro atoms. The van der Waals surface area contributed by atoms with Gasteiger partial charge < -0.3 is 0 Å². The van der Waals surface area contributed by atoms with Crippen molar-refractivity contribution in [3.63, 3.8) is 0 Å². The number of hydrogen-bond donors (Lipinski definition) is 2. The third kappa shape index (κ3) is 2.87. The maximum absolute atomic E-state index is 11.4. The van der Waals surface area contributed by atoms with Crippen molar-refractivity contribution in [2.75, 3.05) is 7.11 Å². The van der Waals surface area contributed by atoms with E-state index < -0.39 is 15.0 Å². The van der Waals surface area contributed by atoms with E-state index in [1.54, 1.807) is 31.4 Å². The van der Waals surface area contributed by atoms with Crippen LogP contribution in [0.25, 0.3) is 0 Å². The van der Waals surface area contributed by atoms with E-state index in [1.165, 1.54) is 0 Å². The third-order valence-electron chi connectivity index (χ3n) is 1.53. The van der Waals surface area contributed by atoms with Gasteiger partial charge in [-0.05, 0) is 0 Å². The summed E-state index contributed by atoms with van der Waals surface area (Å²) in [4.78, 5) is 11.4. The van der Waals surface area contributed by atoms with Crippen LogP contribution in [-0.2, 0) is 0 Å². The summed E-state index contributed by atoms with van der Waals surface area (Å²) in [5, 5.41) is 7.01. The molecule has 1 aromatic rings. The number of nitrogens with two attached hydrogens (primary N) is 1. The zero-order valence-corrected chi connectivity index (χ0v) is 9.32. The molecule has 0 heterocycles. The Balaban J connectivity index is 2.76. The van der Waals surface area contributed by atoms with Gasteiger partial charge in [-0.1, -0.05) is 0 Å². The molecule has 0 aliphatic carbocycles. The number of carbonyl (C=O) groups is 1. The van der Waals surface area contributed by atoms with E-state index in [4.69, 9.17) is 15.9 Å². The molecule has 3 N–H and O–H groups in total. The van der Waals surface area contributed by atoms with Crippen LogP contribution < -0.4 is 10.5 Å². The Morgan fingerprint density at radius 2 is 2.00 bits per heavy atom. The average molecular weight is 257 g/mol. The second-order valence-corrected chi connectivity index (χ2v) is 4.61. The van der Waals surface area contributed by atoms with Crippen LogP contribution in [0.15, 0.2) is 24.3 Å². The molecule has 0 atom stereocenters. The van der Waals surface area contributed by atoms with Crippen LogP contribution >= 0.6 is 0 Å². The predicted octanol–water partition coefficient (Wildman–Crippen LogP) is 0.433. The van der Waals surface area contributed by atoms with Gasteiger partial charge in [0.15, 0.2) is 0 Å². The summed E-state index contributed by atoms with van der Waals surface area (Å²) in [5.41, 5.74) is 5.72. The first-order valence-electron chi connectivity index (χ1n) is 3.83. The van der Waals surface area contributed by atoms with E-state index in [0.29, 0.717) is 11.3 Å². The van der Waals surface area contributed by atoms with E-state index in [0.717, 1.165) is 0 Å². The molecule has 0 fully saturated rings. The molecule has 0 unspecified atom stereocenters. The van der Waals surface area contributed by atoms with Crippen LogP contribution in [0, 0.1) is 5.41 Å². The van der Waals surface area contributed by atoms with Crippen LogP contribution in [-0.4, -0.2) is 31.5 Å². The normalized spacial score (nSPS) is 9.50. The van der Waals surface area contributed by atoms with Gasteiger partial charge >= 0.3 is 87.7 Å². The zero-order chi connectivity index (χ0) is 10.6.